The number of rotatable bonds is 6. The summed E-state index contributed by atoms with van der Waals surface area (Å²) in [7, 11) is 0. The summed E-state index contributed by atoms with van der Waals surface area (Å²) in [5.74, 6) is 0.681. The van der Waals surface area contributed by atoms with Gasteiger partial charge < -0.3 is 9.47 Å². The smallest absolute Gasteiger partial charge is 0.0707 e. The van der Waals surface area contributed by atoms with Crippen LogP contribution >= 0.6 is 12.6 Å². The summed E-state index contributed by atoms with van der Waals surface area (Å²) in [6.07, 6.45) is 0. The van der Waals surface area contributed by atoms with E-state index in [0.29, 0.717) is 25.6 Å². The Morgan fingerprint density at radius 2 is 1.92 bits per heavy atom. The Kier molecular flexibility index (Phi) is 6.47. The summed E-state index contributed by atoms with van der Waals surface area (Å²) in [6.45, 7) is 11.7. The van der Waals surface area contributed by atoms with Crippen LogP contribution in [0.1, 0.15) is 20.8 Å². The van der Waals surface area contributed by atoms with Crippen LogP contribution in [0.4, 0.5) is 0 Å². The Bertz CT molecular complexity index is 149. The molecule has 3 heteroatoms. The van der Waals surface area contributed by atoms with Crippen LogP contribution in [-0.2, 0) is 9.47 Å². The third-order valence-electron chi connectivity index (χ3n) is 1.29. The second-order valence-electron chi connectivity index (χ2n) is 3.92. The summed E-state index contributed by atoms with van der Waals surface area (Å²) < 4.78 is 10.8. The standard InChI is InChI=1S/C10H20O2S/c1-9(8-13)7-11-5-6-12-10(2,3)4/h13H,1,5-8H2,2-4H3. The predicted octanol–water partition coefficient (Wildman–Crippen LogP) is 2.30. The molecule has 0 amide bonds. The molecule has 0 aromatic heterocycles. The molecule has 0 aliphatic rings. The fourth-order valence-corrected chi connectivity index (χ4v) is 0.760. The van der Waals surface area contributed by atoms with Gasteiger partial charge in [-0.15, -0.1) is 0 Å². The van der Waals surface area contributed by atoms with Gasteiger partial charge in [0.2, 0.25) is 0 Å². The molecule has 0 aromatic rings. The first-order valence-electron chi connectivity index (χ1n) is 4.45. The SMILES string of the molecule is C=C(CS)COCCOC(C)(C)C. The summed E-state index contributed by atoms with van der Waals surface area (Å²) in [5.41, 5.74) is 0.920. The van der Waals surface area contributed by atoms with Crippen molar-refractivity contribution in [2.24, 2.45) is 0 Å². The van der Waals surface area contributed by atoms with Gasteiger partial charge in [-0.25, -0.2) is 0 Å². The Labute approximate surface area is 86.7 Å². The normalized spacial score (nSPS) is 11.7. The van der Waals surface area contributed by atoms with Gasteiger partial charge in [0.25, 0.3) is 0 Å². The Balaban J connectivity index is 3.22. The Morgan fingerprint density at radius 1 is 1.31 bits per heavy atom. The van der Waals surface area contributed by atoms with Crippen LogP contribution in [0.2, 0.25) is 0 Å². The van der Waals surface area contributed by atoms with Gasteiger partial charge in [-0.1, -0.05) is 6.58 Å². The molecule has 0 atom stereocenters. The lowest BCUT2D eigenvalue weighted by atomic mass is 10.2. The van der Waals surface area contributed by atoms with Crippen molar-refractivity contribution in [1.82, 2.24) is 0 Å². The molecule has 0 aliphatic heterocycles. The fourth-order valence-electron chi connectivity index (χ4n) is 0.669. The Morgan fingerprint density at radius 3 is 2.38 bits per heavy atom. The van der Waals surface area contributed by atoms with Crippen molar-refractivity contribution < 1.29 is 9.47 Å². The van der Waals surface area contributed by atoms with E-state index in [4.69, 9.17) is 9.47 Å². The predicted molar refractivity (Wildman–Crippen MR) is 59.5 cm³/mol. The van der Waals surface area contributed by atoms with E-state index >= 15 is 0 Å². The molecule has 0 aliphatic carbocycles. The number of hydrogen-bond donors (Lipinski definition) is 1. The van der Waals surface area contributed by atoms with E-state index in [1.54, 1.807) is 0 Å². The average Bonchev–Trinajstić information content (AvgIpc) is 2.01. The fraction of sp³-hybridized carbons (Fsp3) is 0.800. The van der Waals surface area contributed by atoms with Gasteiger partial charge in [-0.3, -0.25) is 0 Å². The van der Waals surface area contributed by atoms with Gasteiger partial charge in [0.1, 0.15) is 0 Å². The second-order valence-corrected chi connectivity index (χ2v) is 4.24. The van der Waals surface area contributed by atoms with E-state index in [1.165, 1.54) is 0 Å². The highest BCUT2D eigenvalue weighted by molar-refractivity contribution is 7.80. The molecule has 0 spiro atoms. The van der Waals surface area contributed by atoms with Crippen LogP contribution in [-0.4, -0.2) is 31.2 Å². The quantitative estimate of drug-likeness (QED) is 0.406. The van der Waals surface area contributed by atoms with Crippen LogP contribution in [0.5, 0.6) is 0 Å². The van der Waals surface area contributed by atoms with Gasteiger partial charge in [0.15, 0.2) is 0 Å². The van der Waals surface area contributed by atoms with Crippen molar-refractivity contribution in [2.75, 3.05) is 25.6 Å². The van der Waals surface area contributed by atoms with Crippen molar-refractivity contribution in [3.63, 3.8) is 0 Å². The zero-order valence-electron chi connectivity index (χ0n) is 8.80. The zero-order chi connectivity index (χ0) is 10.3. The molecule has 0 saturated heterocycles. The maximum absolute atomic E-state index is 5.47. The first kappa shape index (κ1) is 13.0. The first-order valence-corrected chi connectivity index (χ1v) is 5.08. The van der Waals surface area contributed by atoms with Gasteiger partial charge in [-0.05, 0) is 26.3 Å². The minimum atomic E-state index is -0.0794. The van der Waals surface area contributed by atoms with Gasteiger partial charge >= 0.3 is 0 Å². The number of thiol groups is 1. The number of ether oxygens (including phenoxy) is 2. The monoisotopic (exact) mass is 204 g/mol. The summed E-state index contributed by atoms with van der Waals surface area (Å²) in [6, 6.07) is 0. The maximum Gasteiger partial charge on any atom is 0.0707 e. The molecule has 0 saturated carbocycles. The van der Waals surface area contributed by atoms with Crippen LogP contribution in [0.3, 0.4) is 0 Å². The molecule has 0 unspecified atom stereocenters. The second kappa shape index (κ2) is 6.46. The van der Waals surface area contributed by atoms with Crippen molar-refractivity contribution in [1.29, 1.82) is 0 Å². The minimum absolute atomic E-state index is 0.0794. The Hall–Kier alpha value is 0.01000. The van der Waals surface area contributed by atoms with Crippen molar-refractivity contribution in [2.45, 2.75) is 26.4 Å². The molecule has 0 bridgehead atoms. The largest absolute Gasteiger partial charge is 0.375 e. The molecule has 0 fully saturated rings. The lowest BCUT2D eigenvalue weighted by Gasteiger charge is -2.19. The van der Waals surface area contributed by atoms with Crippen molar-refractivity contribution in [3.05, 3.63) is 12.2 Å². The molecule has 78 valence electrons. The van der Waals surface area contributed by atoms with E-state index in [1.807, 2.05) is 20.8 Å². The molecular weight excluding hydrogens is 184 g/mol. The first-order chi connectivity index (χ1) is 5.95. The van der Waals surface area contributed by atoms with Crippen LogP contribution in [0.25, 0.3) is 0 Å². The van der Waals surface area contributed by atoms with Gasteiger partial charge in [0, 0.05) is 5.75 Å². The highest BCUT2D eigenvalue weighted by Gasteiger charge is 2.08. The zero-order valence-corrected chi connectivity index (χ0v) is 9.69. The third-order valence-corrected chi connectivity index (χ3v) is 1.74. The van der Waals surface area contributed by atoms with E-state index < -0.39 is 0 Å². The van der Waals surface area contributed by atoms with Gasteiger partial charge in [-0.2, -0.15) is 12.6 Å². The topological polar surface area (TPSA) is 18.5 Å². The summed E-state index contributed by atoms with van der Waals surface area (Å²) in [5, 5.41) is 0. The average molecular weight is 204 g/mol. The van der Waals surface area contributed by atoms with E-state index in [2.05, 4.69) is 19.2 Å². The molecule has 0 rings (SSSR count). The molecule has 0 heterocycles. The lowest BCUT2D eigenvalue weighted by Crippen LogP contribution is -2.22. The van der Waals surface area contributed by atoms with E-state index in [0.717, 1.165) is 5.57 Å². The molecule has 0 aromatic carbocycles. The van der Waals surface area contributed by atoms with Crippen molar-refractivity contribution >= 4 is 12.6 Å². The molecule has 0 radical (unpaired) electrons. The molecule has 13 heavy (non-hydrogen) atoms. The van der Waals surface area contributed by atoms with Crippen molar-refractivity contribution in [3.8, 4) is 0 Å². The lowest BCUT2D eigenvalue weighted by molar-refractivity contribution is -0.0318. The summed E-state index contributed by atoms with van der Waals surface area (Å²) in [4.78, 5) is 0. The van der Waals surface area contributed by atoms with E-state index in [9.17, 15) is 0 Å². The van der Waals surface area contributed by atoms with E-state index in [-0.39, 0.29) is 5.60 Å². The maximum atomic E-state index is 5.47. The molecule has 2 nitrogen and oxygen atoms in total. The molecule has 0 N–H and O–H groups in total. The van der Waals surface area contributed by atoms with Gasteiger partial charge in [0.05, 0.1) is 25.4 Å². The molecular formula is C10H20O2S. The minimum Gasteiger partial charge on any atom is -0.375 e. The summed E-state index contributed by atoms with van der Waals surface area (Å²) >= 11 is 4.08. The third kappa shape index (κ3) is 9.93. The van der Waals surface area contributed by atoms with Crippen LogP contribution in [0.15, 0.2) is 12.2 Å². The van der Waals surface area contributed by atoms with Crippen LogP contribution < -0.4 is 0 Å². The highest BCUT2D eigenvalue weighted by Crippen LogP contribution is 2.05. The van der Waals surface area contributed by atoms with Crippen LogP contribution in [0, 0.1) is 0 Å². The highest BCUT2D eigenvalue weighted by atomic mass is 32.1. The number of hydrogen-bond acceptors (Lipinski definition) is 3.